The van der Waals surface area contributed by atoms with Gasteiger partial charge < -0.3 is 4.57 Å². The van der Waals surface area contributed by atoms with Crippen molar-refractivity contribution in [3.8, 4) is 0 Å². The summed E-state index contributed by atoms with van der Waals surface area (Å²) in [6.07, 6.45) is 10.7. The molecule has 1 aromatic rings. The van der Waals surface area contributed by atoms with E-state index in [1.807, 2.05) is 6.07 Å². The van der Waals surface area contributed by atoms with Gasteiger partial charge >= 0.3 is 0 Å². The van der Waals surface area contributed by atoms with Crippen LogP contribution in [0.1, 0.15) is 64.2 Å². The quantitative estimate of drug-likeness (QED) is 0.622. The average Bonchev–Trinajstić information content (AvgIpc) is 2.62. The van der Waals surface area contributed by atoms with Crippen LogP contribution in [-0.4, -0.2) is 24.3 Å². The highest BCUT2D eigenvalue weighted by molar-refractivity contribution is 7.86. The van der Waals surface area contributed by atoms with Crippen LogP contribution >= 0.6 is 7.14 Å². The maximum atomic E-state index is 14.3. The second-order valence-electron chi connectivity index (χ2n) is 7.27. The molecule has 4 nitrogen and oxygen atoms in total. The molecule has 0 spiro atoms. The molecule has 2 fully saturated rings. The van der Waals surface area contributed by atoms with Crippen molar-refractivity contribution in [2.75, 3.05) is 0 Å². The second-order valence-corrected chi connectivity index (χ2v) is 12.1. The molecule has 0 radical (unpaired) electrons. The lowest BCUT2D eigenvalue weighted by atomic mass is 9.99. The van der Waals surface area contributed by atoms with Gasteiger partial charge in [0.25, 0.3) is 10.1 Å². The molecule has 0 atom stereocenters. The van der Waals surface area contributed by atoms with Crippen LogP contribution in [0.3, 0.4) is 0 Å². The van der Waals surface area contributed by atoms with E-state index in [1.165, 1.54) is 25.0 Å². The van der Waals surface area contributed by atoms with Crippen molar-refractivity contribution in [1.29, 1.82) is 0 Å². The van der Waals surface area contributed by atoms with Crippen molar-refractivity contribution in [1.82, 2.24) is 0 Å². The Morgan fingerprint density at radius 1 is 0.875 bits per heavy atom. The summed E-state index contributed by atoms with van der Waals surface area (Å²) >= 11 is 0. The number of benzene rings is 1. The third-order valence-electron chi connectivity index (χ3n) is 5.75. The highest BCUT2D eigenvalue weighted by Crippen LogP contribution is 2.61. The van der Waals surface area contributed by atoms with Gasteiger partial charge in [-0.3, -0.25) is 4.55 Å². The summed E-state index contributed by atoms with van der Waals surface area (Å²) in [5, 5.41) is 0.663. The fraction of sp³-hybridized carbons (Fsp3) is 0.667. The predicted molar refractivity (Wildman–Crippen MR) is 97.2 cm³/mol. The maximum absolute atomic E-state index is 14.3. The van der Waals surface area contributed by atoms with E-state index >= 15 is 0 Å². The molecule has 134 valence electrons. The third kappa shape index (κ3) is 3.63. The Kier molecular flexibility index (Phi) is 5.53. The van der Waals surface area contributed by atoms with Gasteiger partial charge in [-0.1, -0.05) is 50.7 Å². The third-order valence-corrected chi connectivity index (χ3v) is 10.9. The zero-order chi connectivity index (χ0) is 17.2. The van der Waals surface area contributed by atoms with Crippen molar-refractivity contribution in [2.45, 2.75) is 80.4 Å². The van der Waals surface area contributed by atoms with Crippen molar-refractivity contribution >= 4 is 22.6 Å². The first-order valence-corrected chi connectivity index (χ1v) is 12.4. The van der Waals surface area contributed by atoms with E-state index in [0.717, 1.165) is 51.4 Å². The van der Waals surface area contributed by atoms with Crippen molar-refractivity contribution in [3.05, 3.63) is 24.3 Å². The Balaban J connectivity index is 2.05. The highest BCUT2D eigenvalue weighted by atomic mass is 32.2. The van der Waals surface area contributed by atoms with Gasteiger partial charge in [0.1, 0.15) is 7.14 Å². The first-order valence-electron chi connectivity index (χ1n) is 9.10. The van der Waals surface area contributed by atoms with Gasteiger partial charge in [-0.05, 0) is 37.8 Å². The molecule has 0 heterocycles. The molecule has 0 saturated heterocycles. The van der Waals surface area contributed by atoms with Crippen LogP contribution < -0.4 is 5.30 Å². The highest BCUT2D eigenvalue weighted by Gasteiger charge is 2.42. The molecule has 24 heavy (non-hydrogen) atoms. The predicted octanol–water partition coefficient (Wildman–Crippen LogP) is 4.59. The van der Waals surface area contributed by atoms with E-state index in [0.29, 0.717) is 5.30 Å². The normalized spacial score (nSPS) is 21.7. The van der Waals surface area contributed by atoms with Gasteiger partial charge in [-0.25, -0.2) is 0 Å². The molecule has 0 aromatic heterocycles. The van der Waals surface area contributed by atoms with E-state index in [2.05, 4.69) is 0 Å². The van der Waals surface area contributed by atoms with Gasteiger partial charge in [-0.15, -0.1) is 0 Å². The van der Waals surface area contributed by atoms with Crippen LogP contribution in [0.2, 0.25) is 0 Å². The summed E-state index contributed by atoms with van der Waals surface area (Å²) in [4.78, 5) is -0.133. The second kappa shape index (κ2) is 7.31. The maximum Gasteiger partial charge on any atom is 0.294 e. The van der Waals surface area contributed by atoms with Gasteiger partial charge in [0, 0.05) is 16.6 Å². The topological polar surface area (TPSA) is 71.4 Å². The van der Waals surface area contributed by atoms with Crippen LogP contribution in [-0.2, 0) is 14.7 Å². The molecule has 1 N–H and O–H groups in total. The van der Waals surface area contributed by atoms with Crippen molar-refractivity contribution in [3.63, 3.8) is 0 Å². The van der Waals surface area contributed by atoms with Crippen LogP contribution in [0.25, 0.3) is 0 Å². The minimum Gasteiger partial charge on any atom is -0.318 e. The molecule has 0 unspecified atom stereocenters. The lowest BCUT2D eigenvalue weighted by molar-refractivity contribution is 0.452. The molecular weight excluding hydrogens is 343 g/mol. The fourth-order valence-electron chi connectivity index (χ4n) is 4.51. The molecule has 0 aliphatic heterocycles. The Labute approximate surface area is 145 Å². The zero-order valence-corrected chi connectivity index (χ0v) is 15.8. The standard InChI is InChI=1S/C18H27O4PS/c19-23(15-8-3-1-4-9-15,16-10-5-2-6-11-16)17-12-7-13-18(14-17)24(20,21)22/h7,12-16H,1-6,8-11H2,(H,20,21,22). The van der Waals surface area contributed by atoms with E-state index in [1.54, 1.807) is 6.07 Å². The SMILES string of the molecule is O=P(c1cccc(S(=O)(=O)O)c1)(C1CCCCC1)C1CCCCC1. The summed E-state index contributed by atoms with van der Waals surface area (Å²) in [7, 11) is -6.96. The van der Waals surface area contributed by atoms with Crippen molar-refractivity contribution < 1.29 is 17.5 Å². The van der Waals surface area contributed by atoms with E-state index in [-0.39, 0.29) is 16.2 Å². The van der Waals surface area contributed by atoms with Crippen molar-refractivity contribution in [2.24, 2.45) is 0 Å². The largest absolute Gasteiger partial charge is 0.318 e. The average molecular weight is 370 g/mol. The molecule has 2 aliphatic carbocycles. The van der Waals surface area contributed by atoms with Crippen LogP contribution in [0.4, 0.5) is 0 Å². The molecule has 3 rings (SSSR count). The van der Waals surface area contributed by atoms with Gasteiger partial charge in [-0.2, -0.15) is 8.42 Å². The van der Waals surface area contributed by atoms with E-state index in [9.17, 15) is 17.5 Å². The van der Waals surface area contributed by atoms with E-state index < -0.39 is 17.3 Å². The van der Waals surface area contributed by atoms with E-state index in [4.69, 9.17) is 0 Å². The Bertz CT molecular complexity index is 694. The first kappa shape index (κ1) is 18.2. The fourth-order valence-corrected chi connectivity index (χ4v) is 9.49. The Morgan fingerprint density at radius 2 is 1.38 bits per heavy atom. The zero-order valence-electron chi connectivity index (χ0n) is 14.1. The van der Waals surface area contributed by atoms with Crippen LogP contribution in [0, 0.1) is 0 Å². The van der Waals surface area contributed by atoms with Crippen LogP contribution in [0.5, 0.6) is 0 Å². The Morgan fingerprint density at radius 3 is 1.83 bits per heavy atom. The van der Waals surface area contributed by atoms with Crippen LogP contribution in [0.15, 0.2) is 29.2 Å². The minimum atomic E-state index is -4.27. The van der Waals surface area contributed by atoms with Gasteiger partial charge in [0.15, 0.2) is 0 Å². The first-order chi connectivity index (χ1) is 11.4. The summed E-state index contributed by atoms with van der Waals surface area (Å²) in [5.41, 5.74) is 0.344. The Hall–Kier alpha value is -0.640. The number of rotatable bonds is 4. The molecule has 0 bridgehead atoms. The lowest BCUT2D eigenvalue weighted by Gasteiger charge is -2.38. The van der Waals surface area contributed by atoms with Gasteiger partial charge in [0.05, 0.1) is 4.90 Å². The van der Waals surface area contributed by atoms with Gasteiger partial charge in [0.2, 0.25) is 0 Å². The number of hydrogen-bond donors (Lipinski definition) is 1. The smallest absolute Gasteiger partial charge is 0.294 e. The molecule has 2 saturated carbocycles. The summed E-state index contributed by atoms with van der Waals surface area (Å²) < 4.78 is 46.8. The molecule has 0 amide bonds. The molecule has 1 aromatic carbocycles. The molecule has 2 aliphatic rings. The number of hydrogen-bond acceptors (Lipinski definition) is 3. The molecular formula is C18H27O4PS. The summed E-state index contributed by atoms with van der Waals surface area (Å²) in [5.74, 6) is 0. The monoisotopic (exact) mass is 370 g/mol. The summed E-state index contributed by atoms with van der Waals surface area (Å²) in [6, 6.07) is 6.29. The molecule has 6 heteroatoms. The lowest BCUT2D eigenvalue weighted by Crippen LogP contribution is -2.30. The minimum absolute atomic E-state index is 0.133. The summed E-state index contributed by atoms with van der Waals surface area (Å²) in [6.45, 7) is 0.